The second-order valence-electron chi connectivity index (χ2n) is 6.03. The van der Waals surface area contributed by atoms with Gasteiger partial charge in [0.05, 0.1) is 6.61 Å². The predicted octanol–water partition coefficient (Wildman–Crippen LogP) is 4.81. The van der Waals surface area contributed by atoms with Gasteiger partial charge in [0.1, 0.15) is 0 Å². The third-order valence-electron chi connectivity index (χ3n) is 4.29. The van der Waals surface area contributed by atoms with Gasteiger partial charge >= 0.3 is 0 Å². The summed E-state index contributed by atoms with van der Waals surface area (Å²) in [5, 5.41) is 13.9. The number of amides is 1. The SMILES string of the molecule is Cc1cc(-c2cc(Cl)ccc2Cl)c(CO)c(C)c1NC(=O)c1ncccn1. The van der Waals surface area contributed by atoms with Crippen LogP contribution in [0, 0.1) is 13.8 Å². The largest absolute Gasteiger partial charge is 0.392 e. The van der Waals surface area contributed by atoms with Crippen molar-refractivity contribution in [2.24, 2.45) is 0 Å². The zero-order valence-electron chi connectivity index (χ0n) is 14.8. The number of carbonyl (C=O) groups excluding carboxylic acids is 1. The minimum Gasteiger partial charge on any atom is -0.392 e. The van der Waals surface area contributed by atoms with Gasteiger partial charge in [-0.3, -0.25) is 4.79 Å². The summed E-state index contributed by atoms with van der Waals surface area (Å²) < 4.78 is 0. The molecule has 0 aliphatic heterocycles. The molecule has 2 aromatic carbocycles. The van der Waals surface area contributed by atoms with E-state index in [2.05, 4.69) is 15.3 Å². The van der Waals surface area contributed by atoms with E-state index >= 15 is 0 Å². The van der Waals surface area contributed by atoms with Crippen molar-refractivity contribution in [3.63, 3.8) is 0 Å². The van der Waals surface area contributed by atoms with E-state index in [0.717, 1.165) is 22.3 Å². The van der Waals surface area contributed by atoms with Crippen molar-refractivity contribution in [1.82, 2.24) is 9.97 Å². The lowest BCUT2D eigenvalue weighted by molar-refractivity contribution is 0.101. The van der Waals surface area contributed by atoms with Gasteiger partial charge in [-0.1, -0.05) is 23.2 Å². The maximum atomic E-state index is 12.4. The number of aryl methyl sites for hydroxylation is 1. The summed E-state index contributed by atoms with van der Waals surface area (Å²) in [6.45, 7) is 3.49. The fourth-order valence-electron chi connectivity index (χ4n) is 2.95. The Labute approximate surface area is 167 Å². The summed E-state index contributed by atoms with van der Waals surface area (Å²) in [6.07, 6.45) is 3.01. The van der Waals surface area contributed by atoms with Crippen molar-refractivity contribution in [3.8, 4) is 11.1 Å². The summed E-state index contributed by atoms with van der Waals surface area (Å²) in [7, 11) is 0. The minimum absolute atomic E-state index is 0.0730. The fourth-order valence-corrected chi connectivity index (χ4v) is 3.34. The van der Waals surface area contributed by atoms with E-state index in [1.165, 1.54) is 12.4 Å². The summed E-state index contributed by atoms with van der Waals surface area (Å²) in [5.74, 6) is -0.344. The number of nitrogens with one attached hydrogen (secondary N) is 1. The Balaban J connectivity index is 2.08. The molecule has 0 radical (unpaired) electrons. The Morgan fingerprint density at radius 3 is 2.48 bits per heavy atom. The van der Waals surface area contributed by atoms with Crippen LogP contribution in [-0.4, -0.2) is 21.0 Å². The highest BCUT2D eigenvalue weighted by molar-refractivity contribution is 6.35. The van der Waals surface area contributed by atoms with Crippen LogP contribution < -0.4 is 5.32 Å². The molecule has 0 spiro atoms. The van der Waals surface area contributed by atoms with Gasteiger partial charge in [-0.05, 0) is 66.4 Å². The second-order valence-corrected chi connectivity index (χ2v) is 6.87. The maximum absolute atomic E-state index is 12.4. The number of rotatable bonds is 4. The van der Waals surface area contributed by atoms with E-state index < -0.39 is 5.91 Å². The lowest BCUT2D eigenvalue weighted by atomic mass is 9.92. The van der Waals surface area contributed by atoms with Gasteiger partial charge < -0.3 is 10.4 Å². The van der Waals surface area contributed by atoms with Crippen LogP contribution in [0.4, 0.5) is 5.69 Å². The smallest absolute Gasteiger partial charge is 0.293 e. The number of benzene rings is 2. The Morgan fingerprint density at radius 1 is 1.11 bits per heavy atom. The molecule has 1 aromatic heterocycles. The van der Waals surface area contributed by atoms with Gasteiger partial charge in [-0.15, -0.1) is 0 Å². The van der Waals surface area contributed by atoms with Crippen LogP contribution in [0.2, 0.25) is 10.0 Å². The Kier molecular flexibility index (Phi) is 5.75. The third-order valence-corrected chi connectivity index (χ3v) is 4.86. The number of aromatic nitrogens is 2. The number of carbonyl (C=O) groups is 1. The van der Waals surface area contributed by atoms with Gasteiger partial charge in [0.15, 0.2) is 0 Å². The Bertz CT molecular complexity index is 1010. The molecule has 0 atom stereocenters. The normalized spacial score (nSPS) is 10.7. The third kappa shape index (κ3) is 3.95. The van der Waals surface area contributed by atoms with Crippen molar-refractivity contribution in [3.05, 3.63) is 75.3 Å². The molecule has 2 N–H and O–H groups in total. The van der Waals surface area contributed by atoms with Crippen LogP contribution in [-0.2, 0) is 6.61 Å². The van der Waals surface area contributed by atoms with Crippen molar-refractivity contribution in [1.29, 1.82) is 0 Å². The van der Waals surface area contributed by atoms with Crippen LogP contribution in [0.15, 0.2) is 42.7 Å². The average Bonchev–Trinajstić information content (AvgIpc) is 2.67. The van der Waals surface area contributed by atoms with Gasteiger partial charge in [-0.25, -0.2) is 9.97 Å². The molecule has 5 nitrogen and oxygen atoms in total. The van der Waals surface area contributed by atoms with E-state index in [1.54, 1.807) is 24.3 Å². The molecule has 3 aromatic rings. The minimum atomic E-state index is -0.417. The number of aliphatic hydroxyl groups excluding tert-OH is 1. The highest BCUT2D eigenvalue weighted by Crippen LogP contribution is 2.38. The Morgan fingerprint density at radius 2 is 1.81 bits per heavy atom. The van der Waals surface area contributed by atoms with E-state index in [-0.39, 0.29) is 12.4 Å². The van der Waals surface area contributed by atoms with E-state index in [1.807, 2.05) is 19.9 Å². The molecule has 7 heteroatoms. The molecule has 3 rings (SSSR count). The lowest BCUT2D eigenvalue weighted by Crippen LogP contribution is -2.17. The number of halogens is 2. The number of aliphatic hydroxyl groups is 1. The Hall–Kier alpha value is -2.47. The number of hydrogen-bond donors (Lipinski definition) is 2. The molecular formula is C20H17Cl2N3O2. The fraction of sp³-hybridized carbons (Fsp3) is 0.150. The van der Waals surface area contributed by atoms with Gasteiger partial charge in [-0.2, -0.15) is 0 Å². The molecule has 138 valence electrons. The van der Waals surface area contributed by atoms with Crippen LogP contribution in [0.3, 0.4) is 0 Å². The van der Waals surface area contributed by atoms with Crippen molar-refractivity contribution < 1.29 is 9.90 Å². The average molecular weight is 402 g/mol. The van der Waals surface area contributed by atoms with Gasteiger partial charge in [0, 0.05) is 33.7 Å². The summed E-state index contributed by atoms with van der Waals surface area (Å²) in [6, 6.07) is 8.69. The van der Waals surface area contributed by atoms with E-state index in [9.17, 15) is 9.90 Å². The summed E-state index contributed by atoms with van der Waals surface area (Å²) in [5.41, 5.74) is 4.33. The zero-order valence-corrected chi connectivity index (χ0v) is 16.3. The van der Waals surface area contributed by atoms with Gasteiger partial charge in [0.2, 0.25) is 5.82 Å². The summed E-state index contributed by atoms with van der Waals surface area (Å²) in [4.78, 5) is 20.4. The monoisotopic (exact) mass is 401 g/mol. The molecule has 0 saturated carbocycles. The van der Waals surface area contributed by atoms with E-state index in [4.69, 9.17) is 23.2 Å². The molecule has 1 amide bonds. The molecule has 0 unspecified atom stereocenters. The van der Waals surface area contributed by atoms with Crippen LogP contribution >= 0.6 is 23.2 Å². The number of anilines is 1. The first-order valence-corrected chi connectivity index (χ1v) is 8.95. The predicted molar refractivity (Wildman–Crippen MR) is 107 cm³/mol. The first-order chi connectivity index (χ1) is 12.9. The first kappa shape index (κ1) is 19.3. The lowest BCUT2D eigenvalue weighted by Gasteiger charge is -2.19. The molecule has 0 fully saturated rings. The highest BCUT2D eigenvalue weighted by atomic mass is 35.5. The van der Waals surface area contributed by atoms with Gasteiger partial charge in [0.25, 0.3) is 5.91 Å². The van der Waals surface area contributed by atoms with Crippen molar-refractivity contribution in [2.75, 3.05) is 5.32 Å². The molecule has 0 aliphatic rings. The first-order valence-electron chi connectivity index (χ1n) is 8.20. The standard InChI is InChI=1S/C20H17Cl2N3O2/c1-11-8-14(15-9-13(21)4-5-17(15)22)16(10-26)12(2)18(11)25-20(27)19-23-6-3-7-24-19/h3-9,26H,10H2,1-2H3,(H,25,27). The molecule has 27 heavy (non-hydrogen) atoms. The maximum Gasteiger partial charge on any atom is 0.293 e. The van der Waals surface area contributed by atoms with Crippen molar-refractivity contribution >= 4 is 34.8 Å². The quantitative estimate of drug-likeness (QED) is 0.657. The van der Waals surface area contributed by atoms with E-state index in [0.29, 0.717) is 21.3 Å². The number of nitrogens with zero attached hydrogens (tertiary/aromatic N) is 2. The highest BCUT2D eigenvalue weighted by Gasteiger charge is 2.19. The number of hydrogen-bond acceptors (Lipinski definition) is 4. The molecule has 0 aliphatic carbocycles. The molecule has 1 heterocycles. The van der Waals surface area contributed by atoms with Crippen LogP contribution in [0.25, 0.3) is 11.1 Å². The molecule has 0 saturated heterocycles. The molecular weight excluding hydrogens is 385 g/mol. The second kappa shape index (κ2) is 8.05. The van der Waals surface area contributed by atoms with Crippen molar-refractivity contribution in [2.45, 2.75) is 20.5 Å². The topological polar surface area (TPSA) is 75.1 Å². The van der Waals surface area contributed by atoms with Crippen LogP contribution in [0.5, 0.6) is 0 Å². The van der Waals surface area contributed by atoms with Crippen LogP contribution in [0.1, 0.15) is 27.3 Å². The molecule has 0 bridgehead atoms. The zero-order chi connectivity index (χ0) is 19.6. The summed E-state index contributed by atoms with van der Waals surface area (Å²) >= 11 is 12.5.